The summed E-state index contributed by atoms with van der Waals surface area (Å²) in [5, 5.41) is 2.78. The van der Waals surface area contributed by atoms with Crippen LogP contribution in [0.4, 0.5) is 4.79 Å². The summed E-state index contributed by atoms with van der Waals surface area (Å²) in [5.74, 6) is 1.42. The van der Waals surface area contributed by atoms with E-state index in [2.05, 4.69) is 4.98 Å². The molecule has 6 heteroatoms. The second-order valence-corrected chi connectivity index (χ2v) is 9.97. The van der Waals surface area contributed by atoms with Crippen molar-refractivity contribution in [3.05, 3.63) is 109 Å². The third-order valence-electron chi connectivity index (χ3n) is 5.12. The van der Waals surface area contributed by atoms with Gasteiger partial charge in [-0.2, -0.15) is 4.74 Å². The Hall–Kier alpha value is -3.69. The normalized spacial score (nSPS) is 13.3. The Labute approximate surface area is 180 Å². The maximum Gasteiger partial charge on any atom is 0.433 e. The lowest BCUT2D eigenvalue weighted by molar-refractivity contribution is 0.151. The van der Waals surface area contributed by atoms with Crippen LogP contribution in [0.2, 0.25) is 0 Å². The molecular weight excluding hydrogens is 407 g/mol. The van der Waals surface area contributed by atoms with Gasteiger partial charge < -0.3 is 9.47 Å². The van der Waals surface area contributed by atoms with Gasteiger partial charge in [0.05, 0.1) is 7.05 Å². The van der Waals surface area contributed by atoms with Crippen LogP contribution in [0.15, 0.2) is 108 Å². The molecule has 0 saturated heterocycles. The largest absolute Gasteiger partial charge is 0.456 e. The Bertz CT molecular complexity index is 1240. The van der Waals surface area contributed by atoms with Gasteiger partial charge in [-0.1, -0.05) is 54.6 Å². The minimum Gasteiger partial charge on any atom is -0.456 e. The smallest absolute Gasteiger partial charge is 0.433 e. The van der Waals surface area contributed by atoms with Gasteiger partial charge in [-0.05, 0) is 42.0 Å². The van der Waals surface area contributed by atoms with Gasteiger partial charge in [0.15, 0.2) is 0 Å². The van der Waals surface area contributed by atoms with Crippen molar-refractivity contribution in [2.45, 2.75) is 6.61 Å². The van der Waals surface area contributed by atoms with E-state index in [-0.39, 0.29) is 6.61 Å². The Balaban J connectivity index is 1.70. The Morgan fingerprint density at radius 1 is 0.806 bits per heavy atom. The van der Waals surface area contributed by atoms with Crippen LogP contribution < -0.4 is 20.7 Å². The molecule has 1 aliphatic heterocycles. The van der Waals surface area contributed by atoms with Gasteiger partial charge in [0.2, 0.25) is 0 Å². The summed E-state index contributed by atoms with van der Waals surface area (Å²) in [4.78, 5) is 17.1. The number of benzene rings is 3. The molecule has 152 valence electrons. The van der Waals surface area contributed by atoms with E-state index in [9.17, 15) is 4.79 Å². The molecule has 2 heterocycles. The molecule has 1 aromatic heterocycles. The number of hydrogen-bond acceptors (Lipinski definition) is 4. The number of amides is 1. The quantitative estimate of drug-likeness (QED) is 0.381. The topological polar surface area (TPSA) is 60.8 Å². The summed E-state index contributed by atoms with van der Waals surface area (Å²) in [6, 6.07) is 29.1. The highest BCUT2D eigenvalue weighted by molar-refractivity contribution is 7.88. The van der Waals surface area contributed by atoms with E-state index in [1.807, 2.05) is 91.0 Å². The molecule has 0 radical (unpaired) electrons. The highest BCUT2D eigenvalue weighted by atomic mass is 31.2. The number of nitrogens with zero attached hydrogens (tertiary/aromatic N) is 2. The third-order valence-corrected chi connectivity index (χ3v) is 8.76. The van der Waals surface area contributed by atoms with E-state index in [0.717, 1.165) is 21.5 Å². The summed E-state index contributed by atoms with van der Waals surface area (Å²) >= 11 is 0. The van der Waals surface area contributed by atoms with Gasteiger partial charge in [0, 0.05) is 28.3 Å². The second kappa shape index (κ2) is 8.21. The van der Waals surface area contributed by atoms with Crippen LogP contribution in [-0.2, 0) is 11.3 Å². The maximum absolute atomic E-state index is 13.1. The van der Waals surface area contributed by atoms with E-state index >= 15 is 0 Å². The average molecular weight is 426 g/mol. The fraction of sp³-hybridized carbons (Fsp3) is 0.0400. The van der Waals surface area contributed by atoms with Crippen LogP contribution in [0.3, 0.4) is 0 Å². The molecule has 0 unspecified atom stereocenters. The standard InChI is InChI=1S/C25H19N2O3P/c28-25(29-18-19-14-16-26-17-15-19)27-31(20-8-2-1-3-9-20)23-12-6-4-10-21(23)30-22-11-5-7-13-24(22)31/h1-17H,18H2. The number of fused-ring (bicyclic) bond motifs is 2. The lowest BCUT2D eigenvalue weighted by Crippen LogP contribution is -2.31. The minimum atomic E-state index is -2.69. The molecule has 1 amide bonds. The van der Waals surface area contributed by atoms with Crippen molar-refractivity contribution >= 4 is 29.1 Å². The van der Waals surface area contributed by atoms with Gasteiger partial charge in [0.25, 0.3) is 0 Å². The van der Waals surface area contributed by atoms with E-state index < -0.39 is 13.1 Å². The molecule has 0 bridgehead atoms. The highest BCUT2D eigenvalue weighted by Gasteiger charge is 2.37. The number of hydrogen-bond donors (Lipinski definition) is 0. The van der Waals surface area contributed by atoms with Crippen molar-refractivity contribution in [3.63, 3.8) is 0 Å². The van der Waals surface area contributed by atoms with Gasteiger partial charge in [0.1, 0.15) is 18.1 Å². The molecule has 0 N–H and O–H groups in total. The molecule has 0 fully saturated rings. The van der Waals surface area contributed by atoms with Crippen LogP contribution in [0.25, 0.3) is 0 Å². The zero-order valence-corrected chi connectivity index (χ0v) is 17.5. The molecule has 4 aromatic rings. The summed E-state index contributed by atoms with van der Waals surface area (Å²) < 4.78 is 16.5. The van der Waals surface area contributed by atoms with Crippen LogP contribution in [0.5, 0.6) is 11.5 Å². The molecular formula is C25H19N2O3P. The zero-order valence-electron chi connectivity index (χ0n) is 16.6. The number of pyridine rings is 1. The predicted molar refractivity (Wildman–Crippen MR) is 122 cm³/mol. The molecule has 1 aliphatic rings. The number of aromatic nitrogens is 1. The minimum absolute atomic E-state index is 0.138. The second-order valence-electron chi connectivity index (χ2n) is 7.02. The number of ether oxygens (including phenoxy) is 2. The molecule has 0 atom stereocenters. The first kappa shape index (κ1) is 19.3. The van der Waals surface area contributed by atoms with Gasteiger partial charge in [-0.25, -0.2) is 4.79 Å². The van der Waals surface area contributed by atoms with Crippen molar-refractivity contribution in [1.29, 1.82) is 0 Å². The Morgan fingerprint density at radius 3 is 2.03 bits per heavy atom. The van der Waals surface area contributed by atoms with Gasteiger partial charge in [-0.3, -0.25) is 4.98 Å². The SMILES string of the molecule is O=C(N=P1(c2ccccc2)c2ccccc2Oc2ccccc21)OCc1ccncc1. The van der Waals surface area contributed by atoms with E-state index in [1.165, 1.54) is 0 Å². The number of para-hydroxylation sites is 2. The van der Waals surface area contributed by atoms with E-state index in [0.29, 0.717) is 11.5 Å². The molecule has 0 spiro atoms. The first-order valence-electron chi connectivity index (χ1n) is 9.88. The van der Waals surface area contributed by atoms with Crippen LogP contribution in [0, 0.1) is 0 Å². The van der Waals surface area contributed by atoms with Crippen molar-refractivity contribution in [2.75, 3.05) is 0 Å². The summed E-state index contributed by atoms with van der Waals surface area (Å²) in [6.45, 7) is 0.138. The average Bonchev–Trinajstić information content (AvgIpc) is 2.84. The molecule has 3 aromatic carbocycles. The third kappa shape index (κ3) is 3.54. The molecule has 0 saturated carbocycles. The number of carbonyl (C=O) groups is 1. The summed E-state index contributed by atoms with van der Waals surface area (Å²) in [7, 11) is -2.69. The van der Waals surface area contributed by atoms with Crippen LogP contribution >= 0.6 is 7.05 Å². The van der Waals surface area contributed by atoms with Crippen LogP contribution in [-0.4, -0.2) is 11.1 Å². The Morgan fingerprint density at radius 2 is 1.39 bits per heavy atom. The molecule has 5 nitrogen and oxygen atoms in total. The van der Waals surface area contributed by atoms with Gasteiger partial charge >= 0.3 is 6.09 Å². The van der Waals surface area contributed by atoms with Gasteiger partial charge in [-0.15, -0.1) is 0 Å². The van der Waals surface area contributed by atoms with Crippen molar-refractivity contribution < 1.29 is 14.3 Å². The van der Waals surface area contributed by atoms with E-state index in [4.69, 9.17) is 14.2 Å². The fourth-order valence-corrected chi connectivity index (χ4v) is 7.27. The zero-order chi connectivity index (χ0) is 21.1. The van der Waals surface area contributed by atoms with Crippen molar-refractivity contribution in [2.24, 2.45) is 4.74 Å². The highest BCUT2D eigenvalue weighted by Crippen LogP contribution is 2.54. The van der Waals surface area contributed by atoms with E-state index in [1.54, 1.807) is 12.4 Å². The molecule has 5 rings (SSSR count). The lowest BCUT2D eigenvalue weighted by Gasteiger charge is -2.33. The fourth-order valence-electron chi connectivity index (χ4n) is 3.73. The molecule has 0 aliphatic carbocycles. The summed E-state index contributed by atoms with van der Waals surface area (Å²) in [6.07, 6.45) is 2.74. The first-order chi connectivity index (χ1) is 15.3. The predicted octanol–water partition coefficient (Wildman–Crippen LogP) is 5.00. The lowest BCUT2D eigenvalue weighted by atomic mass is 10.3. The maximum atomic E-state index is 13.1. The molecule has 31 heavy (non-hydrogen) atoms. The van der Waals surface area contributed by atoms with Crippen molar-refractivity contribution in [1.82, 2.24) is 4.98 Å². The first-order valence-corrected chi connectivity index (χ1v) is 11.6. The van der Waals surface area contributed by atoms with Crippen LogP contribution in [0.1, 0.15) is 5.56 Å². The Kier molecular flexibility index (Phi) is 5.11. The monoisotopic (exact) mass is 426 g/mol. The number of carbonyl (C=O) groups excluding carboxylic acids is 1. The summed E-state index contributed by atoms with van der Waals surface area (Å²) in [5.41, 5.74) is 0.860. The van der Waals surface area contributed by atoms with Crippen molar-refractivity contribution in [3.8, 4) is 11.5 Å². The number of rotatable bonds is 3.